The van der Waals surface area contributed by atoms with Crippen LogP contribution in [0.1, 0.15) is 29.6 Å². The average Bonchev–Trinajstić information content (AvgIpc) is 2.81. The zero-order valence-electron chi connectivity index (χ0n) is 19.0. The van der Waals surface area contributed by atoms with Gasteiger partial charge in [0.15, 0.2) is 0 Å². The molecule has 12 heteroatoms. The summed E-state index contributed by atoms with van der Waals surface area (Å²) in [4.78, 5) is 12.6. The highest BCUT2D eigenvalue weighted by Crippen LogP contribution is 2.25. The number of amides is 1. The van der Waals surface area contributed by atoms with Crippen molar-refractivity contribution in [1.82, 2.24) is 9.62 Å². The molecule has 1 heterocycles. The van der Waals surface area contributed by atoms with Crippen LogP contribution in [0.3, 0.4) is 0 Å². The van der Waals surface area contributed by atoms with Gasteiger partial charge in [0.1, 0.15) is 12.4 Å². The smallest absolute Gasteiger partial charge is 0.252 e. The molecular formula is C22H28ClN3O6S2. The predicted molar refractivity (Wildman–Crippen MR) is 132 cm³/mol. The quantitative estimate of drug-likeness (QED) is 0.500. The first-order valence-electron chi connectivity index (χ1n) is 10.7. The van der Waals surface area contributed by atoms with E-state index in [4.69, 9.17) is 16.3 Å². The second kappa shape index (κ2) is 10.9. The molecule has 0 bridgehead atoms. The minimum atomic E-state index is -3.49. The van der Waals surface area contributed by atoms with Crippen LogP contribution in [0.4, 0.5) is 5.69 Å². The maximum Gasteiger partial charge on any atom is 0.252 e. The second-order valence-electron chi connectivity index (χ2n) is 7.94. The van der Waals surface area contributed by atoms with Crippen molar-refractivity contribution in [3.63, 3.8) is 0 Å². The molecule has 1 aliphatic rings. The molecule has 0 spiro atoms. The molecule has 1 amide bonds. The van der Waals surface area contributed by atoms with Gasteiger partial charge in [-0.3, -0.25) is 9.10 Å². The number of sulfonamides is 2. The third-order valence-corrected chi connectivity index (χ3v) is 8.92. The predicted octanol–water partition coefficient (Wildman–Crippen LogP) is 2.72. The van der Waals surface area contributed by atoms with Gasteiger partial charge in [0.05, 0.1) is 34.0 Å². The van der Waals surface area contributed by atoms with Gasteiger partial charge in [-0.2, -0.15) is 4.31 Å². The van der Waals surface area contributed by atoms with Crippen LogP contribution in [0.15, 0.2) is 47.4 Å². The minimum Gasteiger partial charge on any atom is -0.492 e. The van der Waals surface area contributed by atoms with Crippen molar-refractivity contribution in [2.24, 2.45) is 0 Å². The van der Waals surface area contributed by atoms with Gasteiger partial charge < -0.3 is 10.1 Å². The lowest BCUT2D eigenvalue weighted by atomic mass is 10.2. The Bertz CT molecular complexity index is 1230. The molecule has 1 saturated heterocycles. The van der Waals surface area contributed by atoms with E-state index < -0.39 is 26.0 Å². The van der Waals surface area contributed by atoms with Gasteiger partial charge in [-0.25, -0.2) is 16.8 Å². The summed E-state index contributed by atoms with van der Waals surface area (Å²) in [6.07, 6.45) is 3.87. The number of piperidine rings is 1. The Morgan fingerprint density at radius 2 is 1.71 bits per heavy atom. The zero-order chi connectivity index (χ0) is 24.9. The molecule has 1 aliphatic heterocycles. The van der Waals surface area contributed by atoms with Crippen molar-refractivity contribution in [1.29, 1.82) is 0 Å². The third kappa shape index (κ3) is 6.41. The highest BCUT2D eigenvalue weighted by molar-refractivity contribution is 7.92. The zero-order valence-corrected chi connectivity index (χ0v) is 21.4. The fraction of sp³-hybridized carbons (Fsp3) is 0.409. The number of nitrogens with zero attached hydrogens (tertiary/aromatic N) is 2. The van der Waals surface area contributed by atoms with Crippen LogP contribution in [0.25, 0.3) is 0 Å². The van der Waals surface area contributed by atoms with Crippen molar-refractivity contribution in [2.75, 3.05) is 43.8 Å². The fourth-order valence-electron chi connectivity index (χ4n) is 3.47. The molecule has 1 fully saturated rings. The molecule has 1 N–H and O–H groups in total. The normalized spacial score (nSPS) is 15.0. The lowest BCUT2D eigenvalue weighted by molar-refractivity contribution is 0.0947. The van der Waals surface area contributed by atoms with Crippen LogP contribution in [0.5, 0.6) is 5.75 Å². The first-order valence-corrected chi connectivity index (χ1v) is 14.4. The topological polar surface area (TPSA) is 113 Å². The van der Waals surface area contributed by atoms with E-state index in [1.807, 2.05) is 0 Å². The van der Waals surface area contributed by atoms with Crippen molar-refractivity contribution in [3.05, 3.63) is 53.1 Å². The molecule has 186 valence electrons. The Morgan fingerprint density at radius 1 is 1.06 bits per heavy atom. The summed E-state index contributed by atoms with van der Waals surface area (Å²) < 4.78 is 56.9. The van der Waals surface area contributed by atoms with Crippen LogP contribution in [-0.4, -0.2) is 66.6 Å². The summed E-state index contributed by atoms with van der Waals surface area (Å²) in [5.74, 6) is 0.0585. The van der Waals surface area contributed by atoms with Gasteiger partial charge >= 0.3 is 0 Å². The van der Waals surface area contributed by atoms with Crippen molar-refractivity contribution >= 4 is 43.2 Å². The highest BCUT2D eigenvalue weighted by atomic mass is 35.5. The molecule has 3 rings (SSSR count). The van der Waals surface area contributed by atoms with Crippen LogP contribution < -0.4 is 14.4 Å². The molecule has 0 atom stereocenters. The molecule has 9 nitrogen and oxygen atoms in total. The van der Waals surface area contributed by atoms with Crippen LogP contribution in [0, 0.1) is 0 Å². The van der Waals surface area contributed by atoms with Gasteiger partial charge in [0.2, 0.25) is 20.0 Å². The first-order chi connectivity index (χ1) is 16.0. The van der Waals surface area contributed by atoms with Gasteiger partial charge in [-0.1, -0.05) is 18.0 Å². The maximum atomic E-state index is 12.7. The van der Waals surface area contributed by atoms with Crippen LogP contribution in [-0.2, 0) is 20.0 Å². The molecule has 0 saturated carbocycles. The minimum absolute atomic E-state index is 0.122. The first kappa shape index (κ1) is 26.3. The van der Waals surface area contributed by atoms with E-state index in [2.05, 4.69) is 5.32 Å². The molecule has 0 unspecified atom stereocenters. The Morgan fingerprint density at radius 3 is 2.29 bits per heavy atom. The number of halogens is 1. The second-order valence-corrected chi connectivity index (χ2v) is 12.3. The van der Waals surface area contributed by atoms with E-state index in [-0.39, 0.29) is 28.6 Å². The monoisotopic (exact) mass is 529 g/mol. The molecule has 2 aromatic rings. The van der Waals surface area contributed by atoms with E-state index in [1.165, 1.54) is 41.7 Å². The van der Waals surface area contributed by atoms with Crippen LogP contribution >= 0.6 is 11.6 Å². The lowest BCUT2D eigenvalue weighted by Crippen LogP contribution is -2.35. The number of hydrogen-bond acceptors (Lipinski definition) is 6. The van der Waals surface area contributed by atoms with Crippen molar-refractivity contribution in [2.45, 2.75) is 24.2 Å². The SMILES string of the molecule is CN(c1ccc(C(=O)NCCOc2ccc(S(=O)(=O)N3CCCCC3)cc2)c(Cl)c1)S(C)(=O)=O. The number of benzene rings is 2. The number of ether oxygens (including phenoxy) is 1. The van der Waals surface area contributed by atoms with Gasteiger partial charge in [-0.15, -0.1) is 0 Å². The summed E-state index contributed by atoms with van der Waals surface area (Å²) in [6, 6.07) is 10.6. The van der Waals surface area contributed by atoms with Crippen molar-refractivity contribution in [3.8, 4) is 5.75 Å². The van der Waals surface area contributed by atoms with Crippen LogP contribution in [0.2, 0.25) is 5.02 Å². The third-order valence-electron chi connectivity index (χ3n) is 5.49. The number of nitrogens with one attached hydrogen (secondary N) is 1. The van der Waals surface area contributed by atoms with E-state index >= 15 is 0 Å². The Kier molecular flexibility index (Phi) is 8.45. The molecular weight excluding hydrogens is 502 g/mol. The Hall–Kier alpha value is -2.34. The number of carbonyl (C=O) groups excluding carboxylic acids is 1. The highest BCUT2D eigenvalue weighted by Gasteiger charge is 2.25. The van der Waals surface area contributed by atoms with Gasteiger partial charge in [0.25, 0.3) is 5.91 Å². The van der Waals surface area contributed by atoms with E-state index in [1.54, 1.807) is 12.1 Å². The van der Waals surface area contributed by atoms with Crippen molar-refractivity contribution < 1.29 is 26.4 Å². The molecule has 0 aliphatic carbocycles. The number of carbonyl (C=O) groups is 1. The standard InChI is InChI=1S/C22H28ClN3O6S2/c1-25(33(2,28)29)17-6-11-20(21(23)16-17)22(27)24-12-15-32-18-7-9-19(10-8-18)34(30,31)26-13-4-3-5-14-26/h6-11,16H,3-5,12-15H2,1-2H3,(H,24,27). The summed E-state index contributed by atoms with van der Waals surface area (Å²) in [7, 11) is -5.54. The van der Waals surface area contributed by atoms with E-state index in [9.17, 15) is 21.6 Å². The number of rotatable bonds is 9. The van der Waals surface area contributed by atoms with Gasteiger partial charge in [-0.05, 0) is 55.3 Å². The molecule has 0 radical (unpaired) electrons. The summed E-state index contributed by atoms with van der Waals surface area (Å²) >= 11 is 6.17. The molecule has 2 aromatic carbocycles. The average molecular weight is 530 g/mol. The summed E-state index contributed by atoms with van der Waals surface area (Å²) in [5.41, 5.74) is 0.553. The fourth-order valence-corrected chi connectivity index (χ4v) is 5.74. The Balaban J connectivity index is 1.51. The van der Waals surface area contributed by atoms with E-state index in [0.717, 1.165) is 29.8 Å². The lowest BCUT2D eigenvalue weighted by Gasteiger charge is -2.25. The van der Waals surface area contributed by atoms with Gasteiger partial charge in [0, 0.05) is 20.1 Å². The van der Waals surface area contributed by atoms with E-state index in [0.29, 0.717) is 24.5 Å². The summed E-state index contributed by atoms with van der Waals surface area (Å²) in [5, 5.41) is 2.81. The largest absolute Gasteiger partial charge is 0.492 e. The molecule has 34 heavy (non-hydrogen) atoms. The summed E-state index contributed by atoms with van der Waals surface area (Å²) in [6.45, 7) is 1.44. The molecule has 0 aromatic heterocycles. The number of anilines is 1. The number of hydrogen-bond donors (Lipinski definition) is 1. The Labute approximate surface area is 205 Å². The maximum absolute atomic E-state index is 12.7.